The fraction of sp³-hybridized carbons (Fsp3) is 0.875. The Balaban J connectivity index is 2.19. The second kappa shape index (κ2) is 12.1. The first kappa shape index (κ1) is 23.5. The SMILES string of the molecule is NC(=O)OCC1CCN(C(=O)CCNCC(O)C(O)C(O)C(O)CO)CC1. The van der Waals surface area contributed by atoms with Gasteiger partial charge in [0.05, 0.1) is 19.3 Å². The van der Waals surface area contributed by atoms with Crippen LogP contribution >= 0.6 is 0 Å². The van der Waals surface area contributed by atoms with Gasteiger partial charge in [0.25, 0.3) is 0 Å². The van der Waals surface area contributed by atoms with Gasteiger partial charge < -0.3 is 46.2 Å². The molecular weight excluding hydrogens is 362 g/mol. The van der Waals surface area contributed by atoms with Gasteiger partial charge in [0.15, 0.2) is 0 Å². The van der Waals surface area contributed by atoms with Crippen molar-refractivity contribution in [2.24, 2.45) is 11.7 Å². The molecule has 0 aromatic heterocycles. The van der Waals surface area contributed by atoms with E-state index in [1.165, 1.54) is 0 Å². The first-order valence-electron chi connectivity index (χ1n) is 9.00. The molecule has 2 amide bonds. The lowest BCUT2D eigenvalue weighted by molar-refractivity contribution is -0.132. The Bertz CT molecular complexity index is 459. The van der Waals surface area contributed by atoms with Gasteiger partial charge in [0, 0.05) is 32.6 Å². The van der Waals surface area contributed by atoms with Gasteiger partial charge in [0.1, 0.15) is 18.3 Å². The van der Waals surface area contributed by atoms with Gasteiger partial charge in [-0.3, -0.25) is 4.79 Å². The van der Waals surface area contributed by atoms with Crippen molar-refractivity contribution in [3.8, 4) is 0 Å². The highest BCUT2D eigenvalue weighted by Crippen LogP contribution is 2.18. The molecule has 8 N–H and O–H groups in total. The molecule has 1 fully saturated rings. The molecule has 0 aromatic rings. The largest absolute Gasteiger partial charge is 0.449 e. The summed E-state index contributed by atoms with van der Waals surface area (Å²) in [6, 6.07) is 0. The molecule has 11 nitrogen and oxygen atoms in total. The Kier molecular flexibility index (Phi) is 10.5. The fourth-order valence-electron chi connectivity index (χ4n) is 2.84. The zero-order valence-electron chi connectivity index (χ0n) is 15.2. The number of amides is 2. The third kappa shape index (κ3) is 8.37. The molecule has 0 aromatic carbocycles. The number of hydrogen-bond acceptors (Lipinski definition) is 9. The van der Waals surface area contributed by atoms with Gasteiger partial charge >= 0.3 is 6.09 Å². The Hall–Kier alpha value is -1.50. The highest BCUT2D eigenvalue weighted by Gasteiger charge is 2.29. The molecule has 158 valence electrons. The summed E-state index contributed by atoms with van der Waals surface area (Å²) in [5.41, 5.74) is 4.93. The zero-order chi connectivity index (χ0) is 20.4. The molecule has 1 heterocycles. The molecule has 0 spiro atoms. The van der Waals surface area contributed by atoms with Crippen molar-refractivity contribution >= 4 is 12.0 Å². The molecule has 1 rings (SSSR count). The molecule has 0 radical (unpaired) electrons. The normalized spacial score (nSPS) is 20.0. The standard InChI is InChI=1S/C16H31N3O8/c17-16(26)27-9-10-2-5-19(6-3-10)13(23)1-4-18-7-11(21)14(24)15(25)12(22)8-20/h10-12,14-15,18,20-22,24-25H,1-9H2,(H2,17,26). The van der Waals surface area contributed by atoms with Crippen LogP contribution in [-0.4, -0.2) is 106 Å². The third-order valence-electron chi connectivity index (χ3n) is 4.62. The van der Waals surface area contributed by atoms with Gasteiger partial charge in [-0.05, 0) is 18.8 Å². The van der Waals surface area contributed by atoms with Crippen LogP contribution in [0.15, 0.2) is 0 Å². The van der Waals surface area contributed by atoms with Crippen LogP contribution in [0.2, 0.25) is 0 Å². The van der Waals surface area contributed by atoms with Crippen LogP contribution in [0.5, 0.6) is 0 Å². The Morgan fingerprint density at radius 2 is 1.70 bits per heavy atom. The van der Waals surface area contributed by atoms with Crippen LogP contribution in [0.25, 0.3) is 0 Å². The number of nitrogens with zero attached hydrogens (tertiary/aromatic N) is 1. The molecule has 0 bridgehead atoms. The summed E-state index contributed by atoms with van der Waals surface area (Å²) in [5, 5.41) is 49.7. The van der Waals surface area contributed by atoms with E-state index in [-0.39, 0.29) is 37.9 Å². The van der Waals surface area contributed by atoms with E-state index in [9.17, 15) is 30.0 Å². The van der Waals surface area contributed by atoms with Gasteiger partial charge in [-0.25, -0.2) is 4.79 Å². The smallest absolute Gasteiger partial charge is 0.404 e. The maximum absolute atomic E-state index is 12.2. The maximum atomic E-state index is 12.2. The van der Waals surface area contributed by atoms with E-state index < -0.39 is 37.1 Å². The van der Waals surface area contributed by atoms with Crippen molar-refractivity contribution in [1.82, 2.24) is 10.2 Å². The fourth-order valence-corrected chi connectivity index (χ4v) is 2.84. The molecular formula is C16H31N3O8. The molecule has 27 heavy (non-hydrogen) atoms. The summed E-state index contributed by atoms with van der Waals surface area (Å²) < 4.78 is 4.77. The summed E-state index contributed by atoms with van der Waals surface area (Å²) in [4.78, 5) is 24.5. The summed E-state index contributed by atoms with van der Waals surface area (Å²) in [7, 11) is 0. The van der Waals surface area contributed by atoms with Crippen molar-refractivity contribution < 1.29 is 39.9 Å². The predicted octanol–water partition coefficient (Wildman–Crippen LogP) is -3.26. The Morgan fingerprint density at radius 1 is 1.11 bits per heavy atom. The average molecular weight is 393 g/mol. The van der Waals surface area contributed by atoms with E-state index in [0.717, 1.165) is 12.8 Å². The molecule has 1 aliphatic heterocycles. The lowest BCUT2D eigenvalue weighted by Gasteiger charge is -2.31. The van der Waals surface area contributed by atoms with Gasteiger partial charge in [-0.15, -0.1) is 0 Å². The third-order valence-corrected chi connectivity index (χ3v) is 4.62. The summed E-state index contributed by atoms with van der Waals surface area (Å²) in [6.45, 7) is 0.840. The van der Waals surface area contributed by atoms with E-state index in [4.69, 9.17) is 15.6 Å². The number of aliphatic hydroxyl groups excluding tert-OH is 5. The van der Waals surface area contributed by atoms with E-state index >= 15 is 0 Å². The van der Waals surface area contributed by atoms with E-state index in [1.54, 1.807) is 4.90 Å². The number of aliphatic hydroxyl groups is 5. The Morgan fingerprint density at radius 3 is 2.26 bits per heavy atom. The number of carbonyl (C=O) groups is 2. The summed E-state index contributed by atoms with van der Waals surface area (Å²) in [5.74, 6) is 0.138. The van der Waals surface area contributed by atoms with Crippen LogP contribution < -0.4 is 11.1 Å². The summed E-state index contributed by atoms with van der Waals surface area (Å²) >= 11 is 0. The van der Waals surface area contributed by atoms with Crippen LogP contribution in [0.1, 0.15) is 19.3 Å². The van der Waals surface area contributed by atoms with Crippen LogP contribution in [0.4, 0.5) is 4.79 Å². The topological polar surface area (TPSA) is 186 Å². The second-order valence-electron chi connectivity index (χ2n) is 6.71. The number of carbonyl (C=O) groups excluding carboxylic acids is 2. The van der Waals surface area contributed by atoms with Crippen LogP contribution in [0.3, 0.4) is 0 Å². The minimum absolute atomic E-state index is 0.0532. The molecule has 4 unspecified atom stereocenters. The highest BCUT2D eigenvalue weighted by molar-refractivity contribution is 5.76. The maximum Gasteiger partial charge on any atom is 0.404 e. The van der Waals surface area contributed by atoms with E-state index in [2.05, 4.69) is 5.32 Å². The highest BCUT2D eigenvalue weighted by atomic mass is 16.5. The minimum atomic E-state index is -1.67. The molecule has 11 heteroatoms. The molecule has 0 saturated carbocycles. The average Bonchev–Trinajstić information content (AvgIpc) is 2.67. The number of hydrogen-bond donors (Lipinski definition) is 7. The summed E-state index contributed by atoms with van der Waals surface area (Å²) in [6.07, 6.45) is -5.36. The van der Waals surface area contributed by atoms with Gasteiger partial charge in [0.2, 0.25) is 5.91 Å². The quantitative estimate of drug-likeness (QED) is 0.177. The monoisotopic (exact) mass is 393 g/mol. The lowest BCUT2D eigenvalue weighted by Crippen LogP contribution is -2.49. The molecule has 4 atom stereocenters. The van der Waals surface area contributed by atoms with E-state index in [0.29, 0.717) is 13.1 Å². The van der Waals surface area contributed by atoms with Crippen molar-refractivity contribution in [3.63, 3.8) is 0 Å². The van der Waals surface area contributed by atoms with Gasteiger partial charge in [-0.1, -0.05) is 0 Å². The van der Waals surface area contributed by atoms with Gasteiger partial charge in [-0.2, -0.15) is 0 Å². The first-order valence-corrected chi connectivity index (χ1v) is 9.00. The number of primary amides is 1. The number of ether oxygens (including phenoxy) is 1. The zero-order valence-corrected chi connectivity index (χ0v) is 15.2. The lowest BCUT2D eigenvalue weighted by atomic mass is 9.97. The first-order chi connectivity index (χ1) is 12.8. The molecule has 1 aliphatic rings. The van der Waals surface area contributed by atoms with Crippen LogP contribution in [0, 0.1) is 5.92 Å². The Labute approximate surface area is 157 Å². The van der Waals surface area contributed by atoms with Crippen molar-refractivity contribution in [3.05, 3.63) is 0 Å². The number of rotatable bonds is 11. The minimum Gasteiger partial charge on any atom is -0.449 e. The number of nitrogens with one attached hydrogen (secondary N) is 1. The number of nitrogens with two attached hydrogens (primary N) is 1. The van der Waals surface area contributed by atoms with Crippen molar-refractivity contribution in [1.29, 1.82) is 0 Å². The van der Waals surface area contributed by atoms with E-state index in [1.807, 2.05) is 0 Å². The molecule has 1 saturated heterocycles. The van der Waals surface area contributed by atoms with Crippen LogP contribution in [-0.2, 0) is 9.53 Å². The molecule has 0 aliphatic carbocycles. The van der Waals surface area contributed by atoms with Crippen molar-refractivity contribution in [2.45, 2.75) is 43.7 Å². The van der Waals surface area contributed by atoms with Crippen molar-refractivity contribution in [2.75, 3.05) is 39.4 Å². The second-order valence-corrected chi connectivity index (χ2v) is 6.71. The number of piperidine rings is 1. The number of likely N-dealkylation sites (tertiary alicyclic amines) is 1. The predicted molar refractivity (Wildman–Crippen MR) is 93.4 cm³/mol.